The summed E-state index contributed by atoms with van der Waals surface area (Å²) in [5, 5.41) is 2.15. The van der Waals surface area contributed by atoms with Crippen LogP contribution in [0.25, 0.3) is 100 Å². The fraction of sp³-hybridized carbons (Fsp3) is 0.0545. The Bertz CT molecular complexity index is 3180. The van der Waals surface area contributed by atoms with Gasteiger partial charge in [0, 0.05) is 32.9 Å². The van der Waals surface area contributed by atoms with Gasteiger partial charge in [-0.3, -0.25) is 0 Å². The summed E-state index contributed by atoms with van der Waals surface area (Å²) in [7, 11) is 0. The molecule has 0 atom stereocenters. The smallest absolute Gasteiger partial charge is 0.161 e. The monoisotopic (exact) mass is 742 g/mol. The minimum absolute atomic E-state index is 0.249. The highest BCUT2D eigenvalue weighted by molar-refractivity contribution is 6.09. The molecule has 0 unspecified atom stereocenters. The lowest BCUT2D eigenvalue weighted by Crippen LogP contribution is -2.16. The first kappa shape index (κ1) is 33.9. The molecule has 2 heterocycles. The number of rotatable bonds is 6. The summed E-state index contributed by atoms with van der Waals surface area (Å²) in [6.45, 7) is 4.69. The molecule has 3 nitrogen and oxygen atoms in total. The quantitative estimate of drug-likeness (QED) is 0.170. The Kier molecular flexibility index (Phi) is 7.84. The number of hydrogen-bond donors (Lipinski definition) is 0. The second kappa shape index (κ2) is 13.4. The Hall–Kier alpha value is -7.36. The summed E-state index contributed by atoms with van der Waals surface area (Å²) in [6.07, 6.45) is 0. The van der Waals surface area contributed by atoms with E-state index in [9.17, 15) is 0 Å². The van der Waals surface area contributed by atoms with Gasteiger partial charge in [-0.25, -0.2) is 9.97 Å². The standard InChI is InChI=1S/C55H38N2O/c1-55(2)47-27-14-12-24-43(47)51-45(32-31-39(52(51)55)36-19-8-4-9-20-36)54-56-48(34-49(57-54)44-26-16-25-42-41-23-13-15-28-50(41)58-53(42)44)40-30-29-38(35-17-6-3-7-18-35)33-46(40)37-21-10-5-11-22-37/h3-34H,1-2H3. The Balaban J connectivity index is 1.22. The summed E-state index contributed by atoms with van der Waals surface area (Å²) in [6, 6.07) is 68.8. The predicted molar refractivity (Wildman–Crippen MR) is 239 cm³/mol. The van der Waals surface area contributed by atoms with Crippen LogP contribution in [0.5, 0.6) is 0 Å². The van der Waals surface area contributed by atoms with Gasteiger partial charge in [0.05, 0.1) is 11.4 Å². The first-order valence-corrected chi connectivity index (χ1v) is 19.9. The normalized spacial score (nSPS) is 12.8. The Morgan fingerprint density at radius 2 is 0.966 bits per heavy atom. The van der Waals surface area contributed by atoms with Crippen LogP contribution < -0.4 is 0 Å². The van der Waals surface area contributed by atoms with Crippen molar-refractivity contribution in [2.75, 3.05) is 0 Å². The van der Waals surface area contributed by atoms with Crippen LogP contribution in [0.1, 0.15) is 25.0 Å². The maximum atomic E-state index is 6.64. The fourth-order valence-electron chi connectivity index (χ4n) is 9.18. The second-order valence-corrected chi connectivity index (χ2v) is 15.7. The molecule has 3 heteroatoms. The van der Waals surface area contributed by atoms with Crippen LogP contribution in [-0.4, -0.2) is 9.97 Å². The van der Waals surface area contributed by atoms with Crippen LogP contribution in [0.4, 0.5) is 0 Å². The number of fused-ring (bicyclic) bond motifs is 6. The van der Waals surface area contributed by atoms with E-state index in [4.69, 9.17) is 14.4 Å². The van der Waals surface area contributed by atoms with Crippen LogP contribution in [0.15, 0.2) is 199 Å². The molecular weight excluding hydrogens is 705 g/mol. The zero-order valence-electron chi connectivity index (χ0n) is 32.3. The Morgan fingerprint density at radius 1 is 0.397 bits per heavy atom. The van der Waals surface area contributed by atoms with Crippen molar-refractivity contribution in [3.05, 3.63) is 205 Å². The molecule has 11 rings (SSSR count). The number of benzene rings is 8. The predicted octanol–water partition coefficient (Wildman–Crippen LogP) is 14.7. The van der Waals surface area contributed by atoms with Gasteiger partial charge in [0.1, 0.15) is 11.2 Å². The minimum Gasteiger partial charge on any atom is -0.455 e. The molecule has 1 aliphatic carbocycles. The van der Waals surface area contributed by atoms with Crippen molar-refractivity contribution in [1.29, 1.82) is 0 Å². The lowest BCUT2D eigenvalue weighted by molar-refractivity contribution is 0.662. The average molecular weight is 743 g/mol. The summed E-state index contributed by atoms with van der Waals surface area (Å²) in [5.41, 5.74) is 18.0. The first-order chi connectivity index (χ1) is 28.5. The lowest BCUT2D eigenvalue weighted by Gasteiger charge is -2.25. The largest absolute Gasteiger partial charge is 0.455 e. The third-order valence-corrected chi connectivity index (χ3v) is 11.9. The van der Waals surface area contributed by atoms with E-state index in [1.54, 1.807) is 0 Å². The van der Waals surface area contributed by atoms with E-state index in [0.717, 1.165) is 66.7 Å². The van der Waals surface area contributed by atoms with E-state index in [1.807, 2.05) is 12.1 Å². The molecule has 1 aliphatic rings. The van der Waals surface area contributed by atoms with E-state index in [0.29, 0.717) is 5.82 Å². The lowest BCUT2D eigenvalue weighted by atomic mass is 9.78. The molecule has 0 aliphatic heterocycles. The number of para-hydroxylation sites is 2. The zero-order chi connectivity index (χ0) is 38.8. The number of aromatic nitrogens is 2. The van der Waals surface area contributed by atoms with Gasteiger partial charge in [0.2, 0.25) is 0 Å². The first-order valence-electron chi connectivity index (χ1n) is 19.9. The molecule has 2 aromatic heterocycles. The average Bonchev–Trinajstić information content (AvgIpc) is 3.79. The van der Waals surface area contributed by atoms with Crippen LogP contribution in [0, 0.1) is 0 Å². The van der Waals surface area contributed by atoms with Crippen molar-refractivity contribution in [2.24, 2.45) is 0 Å². The van der Waals surface area contributed by atoms with Crippen molar-refractivity contribution >= 4 is 21.9 Å². The molecule has 0 N–H and O–H groups in total. The van der Waals surface area contributed by atoms with Crippen molar-refractivity contribution in [2.45, 2.75) is 19.3 Å². The van der Waals surface area contributed by atoms with Gasteiger partial charge >= 0.3 is 0 Å². The van der Waals surface area contributed by atoms with Gasteiger partial charge in [-0.1, -0.05) is 178 Å². The van der Waals surface area contributed by atoms with E-state index in [-0.39, 0.29) is 5.41 Å². The topological polar surface area (TPSA) is 38.9 Å². The molecule has 0 saturated carbocycles. The molecule has 10 aromatic rings. The van der Waals surface area contributed by atoms with E-state index in [2.05, 4.69) is 196 Å². The minimum atomic E-state index is -0.249. The maximum Gasteiger partial charge on any atom is 0.161 e. The van der Waals surface area contributed by atoms with E-state index < -0.39 is 0 Å². The number of furan rings is 1. The molecule has 58 heavy (non-hydrogen) atoms. The van der Waals surface area contributed by atoms with Gasteiger partial charge in [-0.05, 0) is 86.0 Å². The Morgan fingerprint density at radius 3 is 1.72 bits per heavy atom. The molecule has 0 spiro atoms. The van der Waals surface area contributed by atoms with Gasteiger partial charge in [-0.2, -0.15) is 0 Å². The van der Waals surface area contributed by atoms with Crippen molar-refractivity contribution in [1.82, 2.24) is 9.97 Å². The molecule has 274 valence electrons. The van der Waals surface area contributed by atoms with Gasteiger partial charge < -0.3 is 4.42 Å². The van der Waals surface area contributed by atoms with Crippen molar-refractivity contribution < 1.29 is 4.42 Å². The third-order valence-electron chi connectivity index (χ3n) is 11.9. The van der Waals surface area contributed by atoms with Gasteiger partial charge in [0.15, 0.2) is 5.82 Å². The van der Waals surface area contributed by atoms with Crippen molar-refractivity contribution in [3.8, 4) is 78.4 Å². The molecular formula is C55H38N2O. The molecule has 0 saturated heterocycles. The molecule has 0 bridgehead atoms. The molecule has 0 radical (unpaired) electrons. The number of hydrogen-bond acceptors (Lipinski definition) is 3. The van der Waals surface area contributed by atoms with Gasteiger partial charge in [0.25, 0.3) is 0 Å². The second-order valence-electron chi connectivity index (χ2n) is 15.7. The summed E-state index contributed by atoms with van der Waals surface area (Å²) in [4.78, 5) is 11.1. The summed E-state index contributed by atoms with van der Waals surface area (Å²) < 4.78 is 6.64. The van der Waals surface area contributed by atoms with E-state index >= 15 is 0 Å². The van der Waals surface area contributed by atoms with E-state index in [1.165, 1.54) is 38.9 Å². The third kappa shape index (κ3) is 5.43. The molecule has 0 fully saturated rings. The number of nitrogens with zero attached hydrogens (tertiary/aromatic N) is 2. The van der Waals surface area contributed by atoms with Gasteiger partial charge in [-0.15, -0.1) is 0 Å². The van der Waals surface area contributed by atoms with Crippen LogP contribution >= 0.6 is 0 Å². The highest BCUT2D eigenvalue weighted by Crippen LogP contribution is 2.55. The highest BCUT2D eigenvalue weighted by Gasteiger charge is 2.39. The maximum absolute atomic E-state index is 6.64. The van der Waals surface area contributed by atoms with Crippen LogP contribution in [0.2, 0.25) is 0 Å². The van der Waals surface area contributed by atoms with Crippen LogP contribution in [0.3, 0.4) is 0 Å². The summed E-state index contributed by atoms with van der Waals surface area (Å²) >= 11 is 0. The Labute approximate surface area is 338 Å². The molecule has 0 amide bonds. The molecule has 8 aromatic carbocycles. The zero-order valence-corrected chi connectivity index (χ0v) is 32.3. The SMILES string of the molecule is CC1(C)c2ccccc2-c2c(-c3nc(-c4ccc(-c5ccccc5)cc4-c4ccccc4)cc(-c4cccc5c4oc4ccccc45)n3)ccc(-c3ccccc3)c21. The summed E-state index contributed by atoms with van der Waals surface area (Å²) in [5.74, 6) is 0.676. The highest BCUT2D eigenvalue weighted by atomic mass is 16.3. The fourth-order valence-corrected chi connectivity index (χ4v) is 9.18. The van der Waals surface area contributed by atoms with Crippen LogP contribution in [-0.2, 0) is 5.41 Å². The van der Waals surface area contributed by atoms with Crippen molar-refractivity contribution in [3.63, 3.8) is 0 Å².